The highest BCUT2D eigenvalue weighted by Crippen LogP contribution is 2.17. The van der Waals surface area contributed by atoms with E-state index in [1.165, 1.54) is 0 Å². The summed E-state index contributed by atoms with van der Waals surface area (Å²) in [7, 11) is 0. The molecule has 0 aliphatic carbocycles. The number of aryl methyl sites for hydroxylation is 1. The van der Waals surface area contributed by atoms with Crippen molar-refractivity contribution < 1.29 is 9.53 Å². The van der Waals surface area contributed by atoms with Crippen molar-refractivity contribution >= 4 is 17.0 Å². The molecule has 0 atom stereocenters. The van der Waals surface area contributed by atoms with Gasteiger partial charge in [-0.05, 0) is 25.5 Å². The number of rotatable bonds is 5. The third-order valence-electron chi connectivity index (χ3n) is 2.79. The number of hydrogen-bond donors (Lipinski definition) is 0. The predicted molar refractivity (Wildman–Crippen MR) is 70.4 cm³/mol. The van der Waals surface area contributed by atoms with Gasteiger partial charge in [0.1, 0.15) is 12.2 Å². The van der Waals surface area contributed by atoms with E-state index >= 15 is 0 Å². The van der Waals surface area contributed by atoms with Crippen molar-refractivity contribution in [3.63, 3.8) is 0 Å². The van der Waals surface area contributed by atoms with Crippen LogP contribution in [0.3, 0.4) is 0 Å². The van der Waals surface area contributed by atoms with Gasteiger partial charge in [-0.25, -0.2) is 4.98 Å². The molecule has 0 aliphatic rings. The number of benzene rings is 1. The summed E-state index contributed by atoms with van der Waals surface area (Å²) >= 11 is 0. The lowest BCUT2D eigenvalue weighted by molar-refractivity contribution is -0.142. The molecule has 1 aromatic heterocycles. The van der Waals surface area contributed by atoms with Crippen LogP contribution in [-0.2, 0) is 22.5 Å². The molecule has 4 nitrogen and oxygen atoms in total. The molecule has 0 spiro atoms. The van der Waals surface area contributed by atoms with Gasteiger partial charge in [-0.15, -0.1) is 0 Å². The second-order valence-electron chi connectivity index (χ2n) is 4.15. The smallest absolute Gasteiger partial charge is 0.313 e. The highest BCUT2D eigenvalue weighted by atomic mass is 16.5. The van der Waals surface area contributed by atoms with Gasteiger partial charge >= 0.3 is 5.97 Å². The predicted octanol–water partition coefficient (Wildman–Crippen LogP) is 2.55. The Hall–Kier alpha value is -1.84. The summed E-state index contributed by atoms with van der Waals surface area (Å²) in [5.74, 6) is 0.571. The van der Waals surface area contributed by atoms with Gasteiger partial charge in [0, 0.05) is 6.54 Å². The summed E-state index contributed by atoms with van der Waals surface area (Å²) in [6.07, 6.45) is 1.25. The minimum Gasteiger partial charge on any atom is -0.466 e. The average Bonchev–Trinajstić information content (AvgIpc) is 2.68. The van der Waals surface area contributed by atoms with Crippen LogP contribution in [0, 0.1) is 0 Å². The normalized spacial score (nSPS) is 10.8. The second-order valence-corrected chi connectivity index (χ2v) is 4.15. The molecule has 0 bridgehead atoms. The van der Waals surface area contributed by atoms with Crippen molar-refractivity contribution in [2.45, 2.75) is 33.2 Å². The fourth-order valence-corrected chi connectivity index (χ4v) is 2.07. The number of nitrogens with zero attached hydrogens (tertiary/aromatic N) is 2. The quantitative estimate of drug-likeness (QED) is 0.761. The van der Waals surface area contributed by atoms with Crippen molar-refractivity contribution in [1.29, 1.82) is 0 Å². The van der Waals surface area contributed by atoms with E-state index in [1.807, 2.05) is 31.2 Å². The Morgan fingerprint density at radius 1 is 1.33 bits per heavy atom. The minimum absolute atomic E-state index is 0.217. The third-order valence-corrected chi connectivity index (χ3v) is 2.79. The molecule has 1 aromatic carbocycles. The van der Waals surface area contributed by atoms with Crippen LogP contribution < -0.4 is 0 Å². The topological polar surface area (TPSA) is 44.1 Å². The molecule has 0 radical (unpaired) electrons. The number of ether oxygens (including phenoxy) is 1. The minimum atomic E-state index is -0.217. The van der Waals surface area contributed by atoms with Crippen LogP contribution in [-0.4, -0.2) is 22.1 Å². The number of carbonyl (C=O) groups excluding carboxylic acids is 1. The lowest BCUT2D eigenvalue weighted by Gasteiger charge is -2.07. The summed E-state index contributed by atoms with van der Waals surface area (Å²) < 4.78 is 7.09. The summed E-state index contributed by atoms with van der Waals surface area (Å²) in [6, 6.07) is 7.95. The van der Waals surface area contributed by atoms with E-state index in [0.717, 1.165) is 29.8 Å². The fraction of sp³-hybridized carbons (Fsp3) is 0.429. The first-order chi connectivity index (χ1) is 8.76. The van der Waals surface area contributed by atoms with E-state index in [9.17, 15) is 4.79 Å². The standard InChI is InChI=1S/C14H18N2O2/c1-3-9-16-12-8-6-5-7-11(12)15-13(16)10-14(17)18-4-2/h5-8H,3-4,9-10H2,1-2H3. The molecular weight excluding hydrogens is 228 g/mol. The molecule has 2 aromatic rings. The summed E-state index contributed by atoms with van der Waals surface area (Å²) in [5, 5.41) is 0. The molecule has 2 rings (SSSR count). The third kappa shape index (κ3) is 2.53. The highest BCUT2D eigenvalue weighted by Gasteiger charge is 2.13. The maximum atomic E-state index is 11.6. The molecule has 0 N–H and O–H groups in total. The van der Waals surface area contributed by atoms with E-state index in [0.29, 0.717) is 6.61 Å². The Bertz CT molecular complexity index is 546. The Labute approximate surface area is 107 Å². The van der Waals surface area contributed by atoms with Crippen LogP contribution in [0.25, 0.3) is 11.0 Å². The molecular formula is C14H18N2O2. The molecule has 0 unspecified atom stereocenters. The Morgan fingerprint density at radius 3 is 2.83 bits per heavy atom. The van der Waals surface area contributed by atoms with E-state index in [2.05, 4.69) is 16.5 Å². The summed E-state index contributed by atoms with van der Waals surface area (Å²) in [6.45, 7) is 5.21. The summed E-state index contributed by atoms with van der Waals surface area (Å²) in [4.78, 5) is 16.1. The van der Waals surface area contributed by atoms with Gasteiger partial charge in [0.05, 0.1) is 17.6 Å². The molecule has 0 amide bonds. The van der Waals surface area contributed by atoms with Crippen LogP contribution in [0.5, 0.6) is 0 Å². The average molecular weight is 246 g/mol. The summed E-state index contributed by atoms with van der Waals surface area (Å²) in [5.41, 5.74) is 2.02. The maximum absolute atomic E-state index is 11.6. The SMILES string of the molecule is CCCn1c(CC(=O)OCC)nc2ccccc21. The van der Waals surface area contributed by atoms with E-state index in [4.69, 9.17) is 4.74 Å². The monoisotopic (exact) mass is 246 g/mol. The van der Waals surface area contributed by atoms with Crippen LogP contribution in [0.4, 0.5) is 0 Å². The van der Waals surface area contributed by atoms with Crippen LogP contribution in [0.2, 0.25) is 0 Å². The van der Waals surface area contributed by atoms with Crippen LogP contribution in [0.1, 0.15) is 26.1 Å². The molecule has 0 saturated carbocycles. The van der Waals surface area contributed by atoms with E-state index in [1.54, 1.807) is 0 Å². The lowest BCUT2D eigenvalue weighted by Crippen LogP contribution is -2.12. The number of hydrogen-bond acceptors (Lipinski definition) is 3. The molecule has 1 heterocycles. The van der Waals surface area contributed by atoms with Gasteiger partial charge in [0.2, 0.25) is 0 Å². The van der Waals surface area contributed by atoms with Gasteiger partial charge < -0.3 is 9.30 Å². The van der Waals surface area contributed by atoms with E-state index < -0.39 is 0 Å². The Morgan fingerprint density at radius 2 is 2.11 bits per heavy atom. The molecule has 0 aliphatic heterocycles. The van der Waals surface area contributed by atoms with Crippen molar-refractivity contribution in [3.05, 3.63) is 30.1 Å². The van der Waals surface area contributed by atoms with E-state index in [-0.39, 0.29) is 12.4 Å². The van der Waals surface area contributed by atoms with Crippen molar-refractivity contribution in [3.8, 4) is 0 Å². The number of aromatic nitrogens is 2. The maximum Gasteiger partial charge on any atom is 0.313 e. The Kier molecular flexibility index (Phi) is 3.97. The number of fused-ring (bicyclic) bond motifs is 1. The van der Waals surface area contributed by atoms with Crippen molar-refractivity contribution in [2.24, 2.45) is 0 Å². The first-order valence-electron chi connectivity index (χ1n) is 6.36. The molecule has 0 fully saturated rings. The van der Waals surface area contributed by atoms with Crippen LogP contribution in [0.15, 0.2) is 24.3 Å². The number of para-hydroxylation sites is 2. The molecule has 4 heteroatoms. The fourth-order valence-electron chi connectivity index (χ4n) is 2.07. The first kappa shape index (κ1) is 12.6. The highest BCUT2D eigenvalue weighted by molar-refractivity contribution is 5.78. The van der Waals surface area contributed by atoms with Gasteiger partial charge in [-0.3, -0.25) is 4.79 Å². The molecule has 18 heavy (non-hydrogen) atoms. The van der Waals surface area contributed by atoms with Gasteiger partial charge in [-0.1, -0.05) is 19.1 Å². The van der Waals surface area contributed by atoms with Gasteiger partial charge in [-0.2, -0.15) is 0 Å². The zero-order valence-electron chi connectivity index (χ0n) is 10.8. The van der Waals surface area contributed by atoms with Crippen molar-refractivity contribution in [1.82, 2.24) is 9.55 Å². The van der Waals surface area contributed by atoms with Crippen LogP contribution >= 0.6 is 0 Å². The van der Waals surface area contributed by atoms with Crippen molar-refractivity contribution in [2.75, 3.05) is 6.61 Å². The second kappa shape index (κ2) is 5.67. The zero-order valence-corrected chi connectivity index (χ0v) is 10.8. The largest absolute Gasteiger partial charge is 0.466 e. The number of imidazole rings is 1. The first-order valence-corrected chi connectivity index (χ1v) is 6.36. The zero-order chi connectivity index (χ0) is 13.0. The lowest BCUT2D eigenvalue weighted by atomic mass is 10.3. The van der Waals surface area contributed by atoms with Gasteiger partial charge in [0.25, 0.3) is 0 Å². The Balaban J connectivity index is 2.36. The molecule has 96 valence electrons. The number of carbonyl (C=O) groups is 1. The molecule has 0 saturated heterocycles. The van der Waals surface area contributed by atoms with Gasteiger partial charge in [0.15, 0.2) is 0 Å². The number of esters is 1.